The first-order valence-electron chi connectivity index (χ1n) is 5.61. The lowest BCUT2D eigenvalue weighted by Crippen LogP contribution is -2.51. The van der Waals surface area contributed by atoms with Crippen LogP contribution in [0.4, 0.5) is 8.78 Å². The summed E-state index contributed by atoms with van der Waals surface area (Å²) in [5, 5.41) is 17.5. The Kier molecular flexibility index (Phi) is 3.76. The Morgan fingerprint density at radius 2 is 1.95 bits per heavy atom. The van der Waals surface area contributed by atoms with E-state index < -0.39 is 38.1 Å². The molecule has 0 radical (unpaired) electrons. The van der Waals surface area contributed by atoms with E-state index in [4.69, 9.17) is 10.2 Å². The second kappa shape index (κ2) is 5.08. The van der Waals surface area contributed by atoms with Gasteiger partial charge < -0.3 is 10.2 Å². The molecule has 0 aliphatic carbocycles. The van der Waals surface area contributed by atoms with Gasteiger partial charge in [-0.25, -0.2) is 22.0 Å². The zero-order valence-corrected chi connectivity index (χ0v) is 10.9. The van der Waals surface area contributed by atoms with Gasteiger partial charge in [-0.1, -0.05) is 0 Å². The van der Waals surface area contributed by atoms with Gasteiger partial charge in [-0.05, 0) is 12.1 Å². The summed E-state index contributed by atoms with van der Waals surface area (Å²) in [5.41, 5.74) is -1.30. The van der Waals surface area contributed by atoms with Gasteiger partial charge in [-0.15, -0.1) is 0 Å². The minimum absolute atomic E-state index is 0.0120. The Labute approximate surface area is 113 Å². The van der Waals surface area contributed by atoms with Crippen LogP contribution in [-0.2, 0) is 10.0 Å². The lowest BCUT2D eigenvalue weighted by molar-refractivity contribution is 0.0685. The molecule has 2 N–H and O–H groups in total. The van der Waals surface area contributed by atoms with E-state index in [1.54, 1.807) is 0 Å². The monoisotopic (exact) mass is 307 g/mol. The number of carbonyl (C=O) groups is 1. The number of nitrogens with zero attached hydrogens (tertiary/aromatic N) is 1. The van der Waals surface area contributed by atoms with Crippen molar-refractivity contribution in [1.82, 2.24) is 4.31 Å². The highest BCUT2D eigenvalue weighted by molar-refractivity contribution is 7.89. The van der Waals surface area contributed by atoms with Crippen molar-refractivity contribution in [2.75, 3.05) is 19.7 Å². The smallest absolute Gasteiger partial charge is 0.341 e. The standard InChI is InChI=1S/C11H11F2NO5S/c12-7-1-2-8(10(13)9(7)11(16)17)20(18,19)14-3-6(4-14)5-15/h1-2,6,15H,3-5H2,(H,16,17). The Balaban J connectivity index is 2.44. The molecule has 2 rings (SSSR count). The maximum absolute atomic E-state index is 13.9. The van der Waals surface area contributed by atoms with Crippen molar-refractivity contribution in [3.8, 4) is 0 Å². The fourth-order valence-corrected chi connectivity index (χ4v) is 3.56. The normalized spacial score (nSPS) is 16.9. The number of hydrogen-bond donors (Lipinski definition) is 2. The lowest BCUT2D eigenvalue weighted by atomic mass is 10.1. The summed E-state index contributed by atoms with van der Waals surface area (Å²) in [6.45, 7) is -0.172. The minimum Gasteiger partial charge on any atom is -0.477 e. The van der Waals surface area contributed by atoms with Crippen LogP contribution in [0.3, 0.4) is 0 Å². The third kappa shape index (κ3) is 2.28. The lowest BCUT2D eigenvalue weighted by Gasteiger charge is -2.36. The predicted molar refractivity (Wildman–Crippen MR) is 62.7 cm³/mol. The predicted octanol–water partition coefficient (Wildman–Crippen LogP) is 0.276. The van der Waals surface area contributed by atoms with Crippen LogP contribution in [0.15, 0.2) is 17.0 Å². The van der Waals surface area contributed by atoms with Gasteiger partial charge in [0.05, 0.1) is 0 Å². The number of benzene rings is 1. The molecule has 1 fully saturated rings. The van der Waals surface area contributed by atoms with E-state index in [2.05, 4.69) is 0 Å². The van der Waals surface area contributed by atoms with Crippen molar-refractivity contribution >= 4 is 16.0 Å². The summed E-state index contributed by atoms with van der Waals surface area (Å²) < 4.78 is 52.2. The fourth-order valence-electron chi connectivity index (χ4n) is 1.90. The molecule has 110 valence electrons. The first kappa shape index (κ1) is 14.8. The average molecular weight is 307 g/mol. The Hall–Kier alpha value is -1.58. The van der Waals surface area contributed by atoms with Crippen molar-refractivity contribution in [2.24, 2.45) is 5.92 Å². The van der Waals surface area contributed by atoms with Crippen LogP contribution in [-0.4, -0.2) is 48.6 Å². The molecule has 1 aliphatic heterocycles. The van der Waals surface area contributed by atoms with Crippen LogP contribution in [0.2, 0.25) is 0 Å². The molecule has 1 aliphatic rings. The fraction of sp³-hybridized carbons (Fsp3) is 0.364. The van der Waals surface area contributed by atoms with Crippen LogP contribution < -0.4 is 0 Å². The highest BCUT2D eigenvalue weighted by Crippen LogP contribution is 2.28. The van der Waals surface area contributed by atoms with E-state index in [-0.39, 0.29) is 25.6 Å². The summed E-state index contributed by atoms with van der Waals surface area (Å²) in [6, 6.07) is 1.29. The van der Waals surface area contributed by atoms with Crippen LogP contribution >= 0.6 is 0 Å². The number of rotatable bonds is 4. The Morgan fingerprint density at radius 1 is 1.35 bits per heavy atom. The number of sulfonamides is 1. The van der Waals surface area contributed by atoms with Gasteiger partial charge in [0.1, 0.15) is 16.3 Å². The minimum atomic E-state index is -4.23. The van der Waals surface area contributed by atoms with E-state index in [1.807, 2.05) is 0 Å². The molecule has 0 aromatic heterocycles. The summed E-state index contributed by atoms with van der Waals surface area (Å²) >= 11 is 0. The third-order valence-electron chi connectivity index (χ3n) is 3.07. The highest BCUT2D eigenvalue weighted by Gasteiger charge is 2.38. The molecule has 1 saturated heterocycles. The zero-order chi connectivity index (χ0) is 15.1. The number of carboxylic acids is 1. The van der Waals surface area contributed by atoms with Crippen LogP contribution in [0.25, 0.3) is 0 Å². The van der Waals surface area contributed by atoms with Crippen molar-refractivity contribution in [3.63, 3.8) is 0 Å². The number of halogens is 2. The number of aliphatic hydroxyl groups is 1. The molecule has 0 atom stereocenters. The first-order chi connectivity index (χ1) is 9.28. The second-order valence-corrected chi connectivity index (χ2v) is 6.32. The summed E-state index contributed by atoms with van der Waals surface area (Å²) in [7, 11) is -4.23. The maximum atomic E-state index is 13.9. The van der Waals surface area contributed by atoms with Crippen LogP contribution in [0.5, 0.6) is 0 Å². The molecule has 9 heteroatoms. The second-order valence-electron chi connectivity index (χ2n) is 4.41. The quantitative estimate of drug-likeness (QED) is 0.833. The molecule has 6 nitrogen and oxygen atoms in total. The number of carboxylic acid groups (broad SMARTS) is 1. The maximum Gasteiger partial charge on any atom is 0.341 e. The van der Waals surface area contributed by atoms with Crippen molar-refractivity contribution in [1.29, 1.82) is 0 Å². The molecule has 0 bridgehead atoms. The van der Waals surface area contributed by atoms with Gasteiger partial charge in [0.25, 0.3) is 0 Å². The summed E-state index contributed by atoms with van der Waals surface area (Å²) in [5.74, 6) is -5.07. The van der Waals surface area contributed by atoms with Gasteiger partial charge in [-0.2, -0.15) is 4.31 Å². The number of hydrogen-bond acceptors (Lipinski definition) is 4. The Bertz CT molecular complexity index is 655. The topological polar surface area (TPSA) is 94.9 Å². The van der Waals surface area contributed by atoms with Crippen LogP contribution in [0.1, 0.15) is 10.4 Å². The van der Waals surface area contributed by atoms with Crippen molar-refractivity contribution in [2.45, 2.75) is 4.90 Å². The molecule has 0 unspecified atom stereocenters. The zero-order valence-electron chi connectivity index (χ0n) is 10.1. The third-order valence-corrected chi connectivity index (χ3v) is 4.92. The van der Waals surface area contributed by atoms with E-state index in [9.17, 15) is 22.0 Å². The molecular weight excluding hydrogens is 296 g/mol. The van der Waals surface area contributed by atoms with Gasteiger partial charge in [0.15, 0.2) is 5.82 Å². The highest BCUT2D eigenvalue weighted by atomic mass is 32.2. The molecule has 0 spiro atoms. The Morgan fingerprint density at radius 3 is 2.45 bits per heavy atom. The van der Waals surface area contributed by atoms with Gasteiger partial charge in [0.2, 0.25) is 10.0 Å². The molecular formula is C11H11F2NO5S. The van der Waals surface area contributed by atoms with Crippen LogP contribution in [0, 0.1) is 17.6 Å². The van der Waals surface area contributed by atoms with Crippen molar-refractivity contribution in [3.05, 3.63) is 29.3 Å². The number of aromatic carboxylic acids is 1. The van der Waals surface area contributed by atoms with Crippen molar-refractivity contribution < 1.29 is 32.2 Å². The molecule has 0 saturated carbocycles. The van der Waals surface area contributed by atoms with E-state index >= 15 is 0 Å². The molecule has 1 aromatic carbocycles. The molecule has 20 heavy (non-hydrogen) atoms. The van der Waals surface area contributed by atoms with Gasteiger partial charge in [0, 0.05) is 25.6 Å². The SMILES string of the molecule is O=C(O)c1c(F)ccc(S(=O)(=O)N2CC(CO)C2)c1F. The first-order valence-corrected chi connectivity index (χ1v) is 7.05. The largest absolute Gasteiger partial charge is 0.477 e. The average Bonchev–Trinajstić information content (AvgIpc) is 2.25. The number of aliphatic hydroxyl groups excluding tert-OH is 1. The summed E-state index contributed by atoms with van der Waals surface area (Å²) in [6.07, 6.45) is 0. The molecule has 1 heterocycles. The van der Waals surface area contributed by atoms with E-state index in [0.29, 0.717) is 12.1 Å². The van der Waals surface area contributed by atoms with Gasteiger partial charge >= 0.3 is 5.97 Å². The molecule has 1 aromatic rings. The van der Waals surface area contributed by atoms with E-state index in [0.717, 1.165) is 4.31 Å². The van der Waals surface area contributed by atoms with E-state index in [1.165, 1.54) is 0 Å². The van der Waals surface area contributed by atoms with Gasteiger partial charge in [-0.3, -0.25) is 0 Å². The molecule has 0 amide bonds. The summed E-state index contributed by atoms with van der Waals surface area (Å²) in [4.78, 5) is 9.87.